The van der Waals surface area contributed by atoms with Gasteiger partial charge in [0.05, 0.1) is 0 Å². The molecule has 2 heteroatoms. The molecule has 0 aromatic carbocycles. The molecule has 2 nitrogen and oxygen atoms in total. The van der Waals surface area contributed by atoms with Gasteiger partial charge in [-0.2, -0.15) is 0 Å². The molecule has 2 atom stereocenters. The molecule has 0 aromatic rings. The van der Waals surface area contributed by atoms with E-state index in [0.717, 1.165) is 24.0 Å². The first-order valence-electron chi connectivity index (χ1n) is 8.86. The number of hydrogen-bond donors (Lipinski definition) is 1. The first kappa shape index (κ1) is 13.9. The largest absolute Gasteiger partial charge is 0.314 e. The van der Waals surface area contributed by atoms with E-state index in [2.05, 4.69) is 17.1 Å². The second-order valence-corrected chi connectivity index (χ2v) is 7.18. The van der Waals surface area contributed by atoms with Crippen molar-refractivity contribution in [3.8, 4) is 0 Å². The standard InChI is InChI=1S/C17H32N2/c1-2-10-18-15-12-16-6-3-7-17(13-15)19(16)11-4-5-14-8-9-14/h14-18H,2-13H2,1H3. The zero-order valence-electron chi connectivity index (χ0n) is 12.7. The molecular weight excluding hydrogens is 232 g/mol. The van der Waals surface area contributed by atoms with E-state index in [9.17, 15) is 0 Å². The summed E-state index contributed by atoms with van der Waals surface area (Å²) in [6, 6.07) is 2.62. The average molecular weight is 264 g/mol. The highest BCUT2D eigenvalue weighted by Crippen LogP contribution is 2.36. The van der Waals surface area contributed by atoms with Gasteiger partial charge in [-0.1, -0.05) is 26.2 Å². The summed E-state index contributed by atoms with van der Waals surface area (Å²) >= 11 is 0. The number of piperidine rings is 2. The van der Waals surface area contributed by atoms with Crippen LogP contribution < -0.4 is 5.32 Å². The predicted octanol–water partition coefficient (Wildman–Crippen LogP) is 3.56. The summed E-state index contributed by atoms with van der Waals surface area (Å²) in [6.45, 7) is 4.89. The summed E-state index contributed by atoms with van der Waals surface area (Å²) in [7, 11) is 0. The highest BCUT2D eigenvalue weighted by molar-refractivity contribution is 4.95. The van der Waals surface area contributed by atoms with Gasteiger partial charge in [-0.05, 0) is 64.0 Å². The van der Waals surface area contributed by atoms with Gasteiger partial charge in [0.2, 0.25) is 0 Å². The maximum atomic E-state index is 3.78. The smallest absolute Gasteiger partial charge is 0.0113 e. The molecular formula is C17H32N2. The van der Waals surface area contributed by atoms with Crippen molar-refractivity contribution in [1.29, 1.82) is 0 Å². The van der Waals surface area contributed by atoms with Crippen LogP contribution in [-0.4, -0.2) is 36.1 Å². The molecule has 110 valence electrons. The van der Waals surface area contributed by atoms with Gasteiger partial charge in [0.15, 0.2) is 0 Å². The first-order chi connectivity index (χ1) is 9.36. The minimum Gasteiger partial charge on any atom is -0.314 e. The highest BCUT2D eigenvalue weighted by Gasteiger charge is 2.37. The Morgan fingerprint density at radius 2 is 1.79 bits per heavy atom. The van der Waals surface area contributed by atoms with Crippen LogP contribution in [0.15, 0.2) is 0 Å². The Morgan fingerprint density at radius 1 is 1.05 bits per heavy atom. The van der Waals surface area contributed by atoms with Crippen molar-refractivity contribution in [3.05, 3.63) is 0 Å². The van der Waals surface area contributed by atoms with E-state index in [1.165, 1.54) is 77.3 Å². The SMILES string of the molecule is CCCNC1CC2CCCC(C1)N2CCCC1CC1. The van der Waals surface area contributed by atoms with E-state index < -0.39 is 0 Å². The Bertz CT molecular complexity index is 260. The predicted molar refractivity (Wildman–Crippen MR) is 81.4 cm³/mol. The van der Waals surface area contributed by atoms with Gasteiger partial charge in [-0.25, -0.2) is 0 Å². The third-order valence-corrected chi connectivity index (χ3v) is 5.53. The lowest BCUT2D eigenvalue weighted by Gasteiger charge is -2.49. The summed E-state index contributed by atoms with van der Waals surface area (Å²) in [6.07, 6.45) is 14.5. The van der Waals surface area contributed by atoms with Crippen LogP contribution in [0.2, 0.25) is 0 Å². The summed E-state index contributed by atoms with van der Waals surface area (Å²) in [5.41, 5.74) is 0. The van der Waals surface area contributed by atoms with E-state index in [0.29, 0.717) is 0 Å². The maximum absolute atomic E-state index is 3.78. The zero-order valence-corrected chi connectivity index (χ0v) is 12.7. The first-order valence-corrected chi connectivity index (χ1v) is 8.86. The average Bonchev–Trinajstić information content (AvgIpc) is 3.20. The molecule has 1 aliphatic carbocycles. The molecule has 3 rings (SSSR count). The number of hydrogen-bond acceptors (Lipinski definition) is 2. The van der Waals surface area contributed by atoms with Crippen LogP contribution in [0.25, 0.3) is 0 Å². The molecule has 2 saturated heterocycles. The van der Waals surface area contributed by atoms with E-state index in [-0.39, 0.29) is 0 Å². The highest BCUT2D eigenvalue weighted by atomic mass is 15.2. The van der Waals surface area contributed by atoms with Crippen LogP contribution in [0.5, 0.6) is 0 Å². The molecule has 0 radical (unpaired) electrons. The van der Waals surface area contributed by atoms with E-state index in [1.807, 2.05) is 0 Å². The van der Waals surface area contributed by atoms with Crippen LogP contribution in [0.4, 0.5) is 0 Å². The lowest BCUT2D eigenvalue weighted by Crippen LogP contribution is -2.56. The normalized spacial score (nSPS) is 35.5. The van der Waals surface area contributed by atoms with Gasteiger partial charge < -0.3 is 5.32 Å². The molecule has 3 fully saturated rings. The van der Waals surface area contributed by atoms with E-state index >= 15 is 0 Å². The fourth-order valence-corrected chi connectivity index (χ4v) is 4.33. The molecule has 2 bridgehead atoms. The Labute approximate surface area is 119 Å². The van der Waals surface area contributed by atoms with Gasteiger partial charge in [0.1, 0.15) is 0 Å². The summed E-state index contributed by atoms with van der Waals surface area (Å²) < 4.78 is 0. The number of fused-ring (bicyclic) bond motifs is 2. The lowest BCUT2D eigenvalue weighted by molar-refractivity contribution is 0.0232. The zero-order chi connectivity index (χ0) is 13.1. The Kier molecular flexibility index (Phi) is 4.81. The third-order valence-electron chi connectivity index (χ3n) is 5.53. The van der Waals surface area contributed by atoms with Gasteiger partial charge in [0, 0.05) is 18.1 Å². The molecule has 3 aliphatic rings. The second kappa shape index (κ2) is 6.58. The van der Waals surface area contributed by atoms with Gasteiger partial charge in [-0.3, -0.25) is 4.90 Å². The van der Waals surface area contributed by atoms with Crippen molar-refractivity contribution in [1.82, 2.24) is 10.2 Å². The fourth-order valence-electron chi connectivity index (χ4n) is 4.33. The van der Waals surface area contributed by atoms with Crippen LogP contribution >= 0.6 is 0 Å². The molecule has 19 heavy (non-hydrogen) atoms. The van der Waals surface area contributed by atoms with E-state index in [4.69, 9.17) is 0 Å². The van der Waals surface area contributed by atoms with Gasteiger partial charge in [0.25, 0.3) is 0 Å². The van der Waals surface area contributed by atoms with Crippen LogP contribution in [0.3, 0.4) is 0 Å². The van der Waals surface area contributed by atoms with Gasteiger partial charge >= 0.3 is 0 Å². The molecule has 2 unspecified atom stereocenters. The number of nitrogens with zero attached hydrogens (tertiary/aromatic N) is 1. The summed E-state index contributed by atoms with van der Waals surface area (Å²) in [4.78, 5) is 2.90. The van der Waals surface area contributed by atoms with Crippen molar-refractivity contribution in [2.24, 2.45) is 5.92 Å². The monoisotopic (exact) mass is 264 g/mol. The molecule has 1 saturated carbocycles. The third kappa shape index (κ3) is 3.72. The van der Waals surface area contributed by atoms with Gasteiger partial charge in [-0.15, -0.1) is 0 Å². The van der Waals surface area contributed by atoms with Crippen molar-refractivity contribution in [2.45, 2.75) is 89.3 Å². The number of nitrogens with one attached hydrogen (secondary N) is 1. The van der Waals surface area contributed by atoms with Crippen LogP contribution in [0.1, 0.15) is 71.1 Å². The Morgan fingerprint density at radius 3 is 2.42 bits per heavy atom. The number of rotatable bonds is 7. The van der Waals surface area contributed by atoms with Crippen LogP contribution in [0, 0.1) is 5.92 Å². The van der Waals surface area contributed by atoms with Crippen molar-refractivity contribution < 1.29 is 0 Å². The molecule has 0 amide bonds. The van der Waals surface area contributed by atoms with E-state index in [1.54, 1.807) is 0 Å². The Hall–Kier alpha value is -0.0800. The fraction of sp³-hybridized carbons (Fsp3) is 1.00. The molecule has 2 aliphatic heterocycles. The van der Waals surface area contributed by atoms with Crippen molar-refractivity contribution in [2.75, 3.05) is 13.1 Å². The second-order valence-electron chi connectivity index (χ2n) is 7.18. The minimum atomic E-state index is 0.815. The van der Waals surface area contributed by atoms with Crippen LogP contribution in [-0.2, 0) is 0 Å². The molecule has 0 aromatic heterocycles. The quantitative estimate of drug-likeness (QED) is 0.756. The molecule has 0 spiro atoms. The van der Waals surface area contributed by atoms with Crippen molar-refractivity contribution >= 4 is 0 Å². The maximum Gasteiger partial charge on any atom is 0.0113 e. The topological polar surface area (TPSA) is 15.3 Å². The Balaban J connectivity index is 1.47. The minimum absolute atomic E-state index is 0.815. The lowest BCUT2D eigenvalue weighted by atomic mass is 9.81. The molecule has 2 heterocycles. The summed E-state index contributed by atoms with van der Waals surface area (Å²) in [5, 5.41) is 3.78. The van der Waals surface area contributed by atoms with Crippen molar-refractivity contribution in [3.63, 3.8) is 0 Å². The summed E-state index contributed by atoms with van der Waals surface area (Å²) in [5.74, 6) is 1.11. The molecule has 1 N–H and O–H groups in total.